The largest absolute Gasteiger partial charge is 0.282 e. The van der Waals surface area contributed by atoms with Gasteiger partial charge in [-0.3, -0.25) is 9.18 Å². The number of carbonyl (C=O) groups excluding carboxylic acids is 1. The molecule has 0 heterocycles. The van der Waals surface area contributed by atoms with Crippen LogP contribution in [0.1, 0.15) is 6.92 Å². The lowest BCUT2D eigenvalue weighted by Crippen LogP contribution is -1.93. The highest BCUT2D eigenvalue weighted by Crippen LogP contribution is 2.07. The molecule has 0 spiro atoms. The summed E-state index contributed by atoms with van der Waals surface area (Å²) >= 11 is 0.971. The molecule has 3 heteroatoms. The maximum Gasteiger partial charge on any atom is 0.214 e. The number of hydrogen-bond acceptors (Lipinski definition) is 2. The fraction of sp³-hybridized carbons (Fsp3) is 0.500. The zero-order valence-electron chi connectivity index (χ0n) is 5.32. The lowest BCUT2D eigenvalue weighted by molar-refractivity contribution is -0.107. The zero-order valence-corrected chi connectivity index (χ0v) is 6.13. The van der Waals surface area contributed by atoms with Gasteiger partial charge in [0, 0.05) is 5.75 Å². The minimum absolute atomic E-state index is 0.118. The zero-order chi connectivity index (χ0) is 7.28. The molecule has 0 aliphatic carbocycles. The van der Waals surface area contributed by atoms with Gasteiger partial charge < -0.3 is 0 Å². The molecule has 0 N–H and O–H groups in total. The van der Waals surface area contributed by atoms with Crippen molar-refractivity contribution in [3.05, 3.63) is 12.2 Å². The van der Waals surface area contributed by atoms with Crippen LogP contribution in [-0.2, 0) is 4.79 Å². The Morgan fingerprint density at radius 3 is 2.67 bits per heavy atom. The molecule has 9 heavy (non-hydrogen) atoms. The first-order valence-corrected chi connectivity index (χ1v) is 3.55. The molecular weight excluding hydrogens is 139 g/mol. The van der Waals surface area contributed by atoms with Crippen LogP contribution in [0.3, 0.4) is 0 Å². The normalized spacial score (nSPS) is 9.11. The predicted octanol–water partition coefficient (Wildman–Crippen LogP) is 1.79. The van der Waals surface area contributed by atoms with Gasteiger partial charge in [-0.2, -0.15) is 0 Å². The lowest BCUT2D eigenvalue weighted by atomic mass is 10.4. The number of thioether (sulfide) groups is 1. The summed E-state index contributed by atoms with van der Waals surface area (Å²) in [5, 5.41) is -0.118. The van der Waals surface area contributed by atoms with Crippen LogP contribution in [0.4, 0.5) is 4.39 Å². The summed E-state index contributed by atoms with van der Waals surface area (Å²) in [4.78, 5) is 10.6. The van der Waals surface area contributed by atoms with E-state index in [4.69, 9.17) is 0 Å². The van der Waals surface area contributed by atoms with Crippen LogP contribution >= 0.6 is 11.8 Å². The molecule has 0 aliphatic heterocycles. The molecule has 0 saturated heterocycles. The van der Waals surface area contributed by atoms with E-state index in [1.54, 1.807) is 6.92 Å². The molecule has 0 rings (SSSR count). The van der Waals surface area contributed by atoms with Crippen LogP contribution in [0.5, 0.6) is 0 Å². The van der Waals surface area contributed by atoms with E-state index in [0.717, 1.165) is 11.8 Å². The smallest absolute Gasteiger partial charge is 0.214 e. The van der Waals surface area contributed by atoms with E-state index in [2.05, 4.69) is 6.58 Å². The predicted molar refractivity (Wildman–Crippen MR) is 38.3 cm³/mol. The average Bonchev–Trinajstić information content (AvgIpc) is 1.82. The van der Waals surface area contributed by atoms with Crippen molar-refractivity contribution in [1.82, 2.24) is 0 Å². The molecule has 52 valence electrons. The maximum absolute atomic E-state index is 11.4. The van der Waals surface area contributed by atoms with Gasteiger partial charge in [0.05, 0.1) is 6.67 Å². The number of hydrogen-bond donors (Lipinski definition) is 0. The fourth-order valence-electron chi connectivity index (χ4n) is 0.254. The van der Waals surface area contributed by atoms with Crippen molar-refractivity contribution in [3.8, 4) is 0 Å². The quantitative estimate of drug-likeness (QED) is 0.567. The molecule has 0 aromatic heterocycles. The molecule has 1 nitrogen and oxygen atoms in total. The highest BCUT2D eigenvalue weighted by atomic mass is 32.2. The fourth-order valence-corrected chi connectivity index (χ4v) is 0.763. The van der Waals surface area contributed by atoms with Crippen molar-refractivity contribution in [2.24, 2.45) is 0 Å². The van der Waals surface area contributed by atoms with Gasteiger partial charge >= 0.3 is 0 Å². The summed E-state index contributed by atoms with van der Waals surface area (Å²) in [7, 11) is 0. The van der Waals surface area contributed by atoms with Gasteiger partial charge in [0.1, 0.15) is 0 Å². The van der Waals surface area contributed by atoms with Crippen LogP contribution in [0.15, 0.2) is 12.2 Å². The third-order valence-corrected chi connectivity index (χ3v) is 1.63. The van der Waals surface area contributed by atoms with Gasteiger partial charge in [-0.15, -0.1) is 0 Å². The Kier molecular flexibility index (Phi) is 4.40. The Hall–Kier alpha value is -0.310. The lowest BCUT2D eigenvalue weighted by Gasteiger charge is -1.93. The Bertz CT molecular complexity index is 122. The topological polar surface area (TPSA) is 17.1 Å². The van der Waals surface area contributed by atoms with E-state index in [0.29, 0.717) is 5.57 Å². The third-order valence-electron chi connectivity index (χ3n) is 0.659. The molecule has 0 aliphatic rings. The summed E-state index contributed by atoms with van der Waals surface area (Å²) in [5.41, 5.74) is 0.480. The van der Waals surface area contributed by atoms with Crippen molar-refractivity contribution in [1.29, 1.82) is 0 Å². The summed E-state index contributed by atoms with van der Waals surface area (Å²) in [6.45, 7) is 4.58. The van der Waals surface area contributed by atoms with Gasteiger partial charge in [0.25, 0.3) is 0 Å². The first-order valence-electron chi connectivity index (χ1n) is 2.57. The number of carbonyl (C=O) groups is 1. The Morgan fingerprint density at radius 1 is 1.78 bits per heavy atom. The highest BCUT2D eigenvalue weighted by molar-refractivity contribution is 8.14. The van der Waals surface area contributed by atoms with Crippen molar-refractivity contribution in [2.75, 3.05) is 12.4 Å². The first-order chi connectivity index (χ1) is 4.18. The first kappa shape index (κ1) is 8.69. The van der Waals surface area contributed by atoms with Gasteiger partial charge in [-0.25, -0.2) is 0 Å². The molecule has 0 aromatic rings. The summed E-state index contributed by atoms with van der Waals surface area (Å²) < 4.78 is 11.4. The molecule has 0 saturated carbocycles. The summed E-state index contributed by atoms with van der Waals surface area (Å²) in [5.74, 6) is 0.242. The van der Waals surface area contributed by atoms with E-state index < -0.39 is 6.67 Å². The van der Waals surface area contributed by atoms with E-state index in [1.807, 2.05) is 0 Å². The van der Waals surface area contributed by atoms with Crippen molar-refractivity contribution >= 4 is 16.9 Å². The minimum Gasteiger partial charge on any atom is -0.282 e. The van der Waals surface area contributed by atoms with Crippen molar-refractivity contribution < 1.29 is 9.18 Å². The van der Waals surface area contributed by atoms with Crippen LogP contribution in [0, 0.1) is 0 Å². The van der Waals surface area contributed by atoms with E-state index in [1.165, 1.54) is 0 Å². The van der Waals surface area contributed by atoms with Gasteiger partial charge in [0.2, 0.25) is 5.12 Å². The number of halogens is 1. The van der Waals surface area contributed by atoms with Crippen LogP contribution in [0.2, 0.25) is 0 Å². The Labute approximate surface area is 58.3 Å². The molecule has 0 bridgehead atoms. The van der Waals surface area contributed by atoms with Crippen LogP contribution in [0.25, 0.3) is 0 Å². The molecule has 0 atom stereocenters. The van der Waals surface area contributed by atoms with Crippen molar-refractivity contribution in [2.45, 2.75) is 6.92 Å². The van der Waals surface area contributed by atoms with E-state index in [-0.39, 0.29) is 10.9 Å². The van der Waals surface area contributed by atoms with Crippen molar-refractivity contribution in [3.63, 3.8) is 0 Å². The SMILES string of the molecule is C=C(C)C(=O)SCCF. The summed E-state index contributed by atoms with van der Waals surface area (Å²) in [6.07, 6.45) is 0. The second-order valence-corrected chi connectivity index (χ2v) is 2.67. The van der Waals surface area contributed by atoms with Gasteiger partial charge in [-0.1, -0.05) is 18.3 Å². The second-order valence-electron chi connectivity index (χ2n) is 1.61. The molecular formula is C6H9FOS. The molecule has 0 radical (unpaired) electrons. The third kappa shape index (κ3) is 4.21. The number of alkyl halides is 1. The minimum atomic E-state index is -0.455. The molecule has 0 fully saturated rings. The second kappa shape index (κ2) is 4.56. The average molecular weight is 148 g/mol. The molecule has 0 aromatic carbocycles. The van der Waals surface area contributed by atoms with Crippen LogP contribution < -0.4 is 0 Å². The maximum atomic E-state index is 11.4. The monoisotopic (exact) mass is 148 g/mol. The van der Waals surface area contributed by atoms with Crippen LogP contribution in [-0.4, -0.2) is 17.5 Å². The number of rotatable bonds is 3. The molecule has 0 amide bonds. The highest BCUT2D eigenvalue weighted by Gasteiger charge is 2.00. The van der Waals surface area contributed by atoms with Gasteiger partial charge in [-0.05, 0) is 12.5 Å². The molecule has 0 unspecified atom stereocenters. The Balaban J connectivity index is 3.39. The Morgan fingerprint density at radius 2 is 2.33 bits per heavy atom. The van der Waals surface area contributed by atoms with E-state index >= 15 is 0 Å². The summed E-state index contributed by atoms with van der Waals surface area (Å²) in [6, 6.07) is 0. The standard InChI is InChI=1S/C6H9FOS/c1-5(2)6(8)9-4-3-7/h1,3-4H2,2H3. The van der Waals surface area contributed by atoms with Gasteiger partial charge in [0.15, 0.2) is 0 Å². The van der Waals surface area contributed by atoms with E-state index in [9.17, 15) is 9.18 Å².